The first-order chi connectivity index (χ1) is 3.43. The summed E-state index contributed by atoms with van der Waals surface area (Å²) < 4.78 is 0. The Morgan fingerprint density at radius 2 is 2.71 bits per heavy atom. The van der Waals surface area contributed by atoms with Crippen molar-refractivity contribution >= 4 is 0 Å². The van der Waals surface area contributed by atoms with Gasteiger partial charge < -0.3 is 4.84 Å². The molecule has 0 amide bonds. The fourth-order valence-corrected chi connectivity index (χ4v) is 0.486. The topological polar surface area (TPSA) is 45.0 Å². The number of hydrogen-bond acceptors (Lipinski definition) is 3. The lowest BCUT2D eigenvalue weighted by Gasteiger charge is -1.89. The lowest BCUT2D eigenvalue weighted by atomic mass is 10.3. The minimum atomic E-state index is -0.0694. The molecule has 1 atom stereocenters. The largest absolute Gasteiger partial charge is 0.300 e. The second-order valence-corrected chi connectivity index (χ2v) is 1.44. The van der Waals surface area contributed by atoms with Gasteiger partial charge in [0, 0.05) is 6.42 Å². The van der Waals surface area contributed by atoms with Crippen molar-refractivity contribution in [2.75, 3.05) is 6.61 Å². The molecule has 38 valence electrons. The van der Waals surface area contributed by atoms with Crippen LogP contribution in [0.25, 0.3) is 0 Å². The first kappa shape index (κ1) is 4.57. The molecule has 1 fully saturated rings. The molecule has 1 saturated heterocycles. The fourth-order valence-electron chi connectivity index (χ4n) is 0.486. The second-order valence-electron chi connectivity index (χ2n) is 1.44. The van der Waals surface area contributed by atoms with E-state index in [9.17, 15) is 0 Å². The summed E-state index contributed by atoms with van der Waals surface area (Å²) in [6.45, 7) is 0.665. The number of nitrogens with one attached hydrogen (secondary N) is 1. The lowest BCUT2D eigenvalue weighted by molar-refractivity contribution is 0.0952. The number of hydrogen-bond donors (Lipinski definition) is 1. The van der Waals surface area contributed by atoms with Gasteiger partial charge in [0.05, 0.1) is 12.7 Å². The van der Waals surface area contributed by atoms with Crippen LogP contribution in [0.5, 0.6) is 0 Å². The second kappa shape index (κ2) is 1.92. The Bertz CT molecular complexity index is 90.4. The fraction of sp³-hybridized carbons (Fsp3) is 0.750. The van der Waals surface area contributed by atoms with Gasteiger partial charge in [-0.15, -0.1) is 0 Å². The first-order valence-corrected chi connectivity index (χ1v) is 2.20. The quantitative estimate of drug-likeness (QED) is 0.456. The normalized spacial score (nSPS) is 29.9. The molecule has 1 aliphatic heterocycles. The maximum atomic E-state index is 8.17. The van der Waals surface area contributed by atoms with Crippen molar-refractivity contribution in [2.45, 2.75) is 12.5 Å². The van der Waals surface area contributed by atoms with Crippen LogP contribution in [-0.2, 0) is 4.84 Å². The predicted molar refractivity (Wildman–Crippen MR) is 23.1 cm³/mol. The van der Waals surface area contributed by atoms with Gasteiger partial charge in [0.2, 0.25) is 0 Å². The molecular weight excluding hydrogens is 92.1 g/mol. The van der Waals surface area contributed by atoms with E-state index in [0.717, 1.165) is 6.42 Å². The molecule has 7 heavy (non-hydrogen) atoms. The summed E-state index contributed by atoms with van der Waals surface area (Å²) in [6.07, 6.45) is 0.816. The van der Waals surface area contributed by atoms with E-state index in [1.807, 2.05) is 6.07 Å². The number of rotatable bonds is 0. The summed E-state index contributed by atoms with van der Waals surface area (Å²) in [5.41, 5.74) is 2.55. The molecule has 0 saturated carbocycles. The van der Waals surface area contributed by atoms with Crippen LogP contribution in [0.4, 0.5) is 0 Å². The highest BCUT2D eigenvalue weighted by Crippen LogP contribution is 1.96. The van der Waals surface area contributed by atoms with Crippen molar-refractivity contribution in [2.24, 2.45) is 0 Å². The molecular formula is C4H6N2O. The standard InChI is InChI=1S/C4H6N2O/c5-3-4-1-2-7-6-4/h4,6H,1-2H2. The summed E-state index contributed by atoms with van der Waals surface area (Å²) in [4.78, 5) is 4.68. The van der Waals surface area contributed by atoms with E-state index < -0.39 is 0 Å². The minimum Gasteiger partial charge on any atom is -0.300 e. The van der Waals surface area contributed by atoms with Crippen molar-refractivity contribution < 1.29 is 4.84 Å². The van der Waals surface area contributed by atoms with Gasteiger partial charge in [-0.2, -0.15) is 10.7 Å². The molecule has 3 nitrogen and oxygen atoms in total. The van der Waals surface area contributed by atoms with Crippen LogP contribution < -0.4 is 5.48 Å². The highest BCUT2D eigenvalue weighted by atomic mass is 16.7. The lowest BCUT2D eigenvalue weighted by Crippen LogP contribution is -2.16. The minimum absolute atomic E-state index is 0.0694. The summed E-state index contributed by atoms with van der Waals surface area (Å²) >= 11 is 0. The van der Waals surface area contributed by atoms with Crippen LogP contribution in [0.3, 0.4) is 0 Å². The molecule has 0 aromatic rings. The van der Waals surface area contributed by atoms with Gasteiger partial charge >= 0.3 is 0 Å². The van der Waals surface area contributed by atoms with Gasteiger partial charge in [-0.3, -0.25) is 0 Å². The van der Waals surface area contributed by atoms with Gasteiger partial charge in [0.15, 0.2) is 0 Å². The van der Waals surface area contributed by atoms with Gasteiger partial charge in [-0.1, -0.05) is 0 Å². The molecule has 0 aromatic heterocycles. The molecule has 1 N–H and O–H groups in total. The highest BCUT2D eigenvalue weighted by Gasteiger charge is 2.11. The Balaban J connectivity index is 2.31. The molecule has 1 rings (SSSR count). The molecule has 0 radical (unpaired) electrons. The first-order valence-electron chi connectivity index (χ1n) is 2.20. The van der Waals surface area contributed by atoms with E-state index in [1.54, 1.807) is 0 Å². The third kappa shape index (κ3) is 0.889. The van der Waals surface area contributed by atoms with Crippen LogP contribution >= 0.6 is 0 Å². The summed E-state index contributed by atoms with van der Waals surface area (Å²) in [5, 5.41) is 8.17. The zero-order valence-electron chi connectivity index (χ0n) is 3.85. The molecule has 0 aromatic carbocycles. The monoisotopic (exact) mass is 98.0 g/mol. The zero-order valence-corrected chi connectivity index (χ0v) is 3.85. The molecule has 0 spiro atoms. The van der Waals surface area contributed by atoms with Crippen LogP contribution in [-0.4, -0.2) is 12.6 Å². The molecule has 3 heteroatoms. The number of nitriles is 1. The molecule has 0 bridgehead atoms. The van der Waals surface area contributed by atoms with Crippen molar-refractivity contribution in [1.82, 2.24) is 5.48 Å². The number of hydroxylamine groups is 1. The number of nitrogens with zero attached hydrogens (tertiary/aromatic N) is 1. The van der Waals surface area contributed by atoms with Crippen molar-refractivity contribution in [3.05, 3.63) is 0 Å². The Morgan fingerprint density at radius 1 is 1.86 bits per heavy atom. The van der Waals surface area contributed by atoms with E-state index in [2.05, 4.69) is 10.3 Å². The van der Waals surface area contributed by atoms with Gasteiger partial charge in [0.25, 0.3) is 0 Å². The molecule has 1 heterocycles. The third-order valence-electron chi connectivity index (χ3n) is 0.890. The Kier molecular flexibility index (Phi) is 1.25. The Labute approximate surface area is 41.8 Å². The Morgan fingerprint density at radius 3 is 3.00 bits per heavy atom. The van der Waals surface area contributed by atoms with Crippen molar-refractivity contribution in [1.29, 1.82) is 5.26 Å². The van der Waals surface area contributed by atoms with Gasteiger partial charge in [-0.25, -0.2) is 0 Å². The van der Waals surface area contributed by atoms with Crippen molar-refractivity contribution in [3.8, 4) is 6.07 Å². The van der Waals surface area contributed by atoms with Crippen LogP contribution in [0.15, 0.2) is 0 Å². The predicted octanol–water partition coefficient (Wildman–Crippen LogP) is -0.197. The van der Waals surface area contributed by atoms with E-state index in [4.69, 9.17) is 5.26 Å². The molecule has 1 aliphatic rings. The third-order valence-corrected chi connectivity index (χ3v) is 0.890. The zero-order chi connectivity index (χ0) is 5.11. The summed E-state index contributed by atoms with van der Waals surface area (Å²) in [5.74, 6) is 0. The Hall–Kier alpha value is -0.590. The SMILES string of the molecule is N#CC1CCON1. The molecule has 1 unspecified atom stereocenters. The maximum absolute atomic E-state index is 8.17. The average molecular weight is 98.1 g/mol. The van der Waals surface area contributed by atoms with Crippen molar-refractivity contribution in [3.63, 3.8) is 0 Å². The summed E-state index contributed by atoms with van der Waals surface area (Å²) in [6, 6.07) is 1.96. The van der Waals surface area contributed by atoms with Crippen LogP contribution in [0.2, 0.25) is 0 Å². The van der Waals surface area contributed by atoms with E-state index in [1.165, 1.54) is 0 Å². The highest BCUT2D eigenvalue weighted by molar-refractivity contribution is 4.88. The van der Waals surface area contributed by atoms with E-state index in [-0.39, 0.29) is 6.04 Å². The van der Waals surface area contributed by atoms with Gasteiger partial charge in [0.1, 0.15) is 6.04 Å². The van der Waals surface area contributed by atoms with Crippen LogP contribution in [0.1, 0.15) is 6.42 Å². The average Bonchev–Trinajstić information content (AvgIpc) is 2.14. The van der Waals surface area contributed by atoms with E-state index >= 15 is 0 Å². The maximum Gasteiger partial charge on any atom is 0.121 e. The summed E-state index contributed by atoms with van der Waals surface area (Å²) in [7, 11) is 0. The van der Waals surface area contributed by atoms with Gasteiger partial charge in [-0.05, 0) is 0 Å². The van der Waals surface area contributed by atoms with E-state index in [0.29, 0.717) is 6.61 Å². The van der Waals surface area contributed by atoms with Crippen LogP contribution in [0, 0.1) is 11.3 Å². The molecule has 0 aliphatic carbocycles. The smallest absolute Gasteiger partial charge is 0.121 e.